The van der Waals surface area contributed by atoms with Crippen LogP contribution >= 0.6 is 15.1 Å². The van der Waals surface area contributed by atoms with E-state index in [0.717, 1.165) is 24.0 Å². The Morgan fingerprint density at radius 3 is 1.81 bits per heavy atom. The van der Waals surface area contributed by atoms with Crippen LogP contribution in [0.4, 0.5) is 0 Å². The molecule has 8 rings (SSSR count). The standard InChI is InChI=1S/C54H53O12P2/c1-3-5-32-60-50(55)34-39(53(57)61-33-6-4-2)37-68(49-31-18-15-26-44(49)42-24-13-17-29-47(42)65-68)66-48-30-19-27-45-43-25-14-16-28-46(43)64-67(59,52(45)48)36-38(54(58)63-41-22-11-8-12-23-41)35-51(56)62-40-20-9-7-10-21-40/h7-31,38-39H,3-6,32-37H2,1-2H3/q+1. The highest BCUT2D eigenvalue weighted by atomic mass is 31.2. The van der Waals surface area contributed by atoms with E-state index in [2.05, 4.69) is 0 Å². The van der Waals surface area contributed by atoms with Crippen molar-refractivity contribution in [2.45, 2.75) is 52.4 Å². The predicted molar refractivity (Wildman–Crippen MR) is 261 cm³/mol. The van der Waals surface area contributed by atoms with E-state index in [0.29, 0.717) is 40.8 Å². The van der Waals surface area contributed by atoms with Crippen LogP contribution in [0.25, 0.3) is 22.3 Å². The third-order valence-electron chi connectivity index (χ3n) is 11.6. The number of fused-ring (bicyclic) bond motifs is 6. The van der Waals surface area contributed by atoms with Crippen LogP contribution in [-0.4, -0.2) is 49.4 Å². The minimum Gasteiger partial charge on any atom is -0.466 e. The van der Waals surface area contributed by atoms with Gasteiger partial charge in [-0.3, -0.25) is 23.7 Å². The van der Waals surface area contributed by atoms with Crippen molar-refractivity contribution >= 4 is 49.6 Å². The molecule has 6 aromatic carbocycles. The van der Waals surface area contributed by atoms with Crippen LogP contribution in [0, 0.1) is 11.8 Å². The third kappa shape index (κ3) is 11.0. The largest absolute Gasteiger partial charge is 0.466 e. The minimum atomic E-state index is -4.32. The molecule has 0 aliphatic carbocycles. The highest BCUT2D eigenvalue weighted by molar-refractivity contribution is 7.75. The van der Waals surface area contributed by atoms with Crippen LogP contribution in [0.15, 0.2) is 152 Å². The van der Waals surface area contributed by atoms with Gasteiger partial charge in [-0.1, -0.05) is 130 Å². The maximum atomic E-state index is 16.3. The molecule has 0 bridgehead atoms. The quantitative estimate of drug-likeness (QED) is 0.0310. The van der Waals surface area contributed by atoms with E-state index in [1.807, 2.05) is 74.5 Å². The summed E-state index contributed by atoms with van der Waals surface area (Å²) in [6.45, 7) is 4.33. The molecule has 14 heteroatoms. The fourth-order valence-electron chi connectivity index (χ4n) is 8.24. The Bertz CT molecular complexity index is 2800. The first-order valence-corrected chi connectivity index (χ1v) is 26.5. The molecule has 2 heterocycles. The molecule has 0 saturated heterocycles. The van der Waals surface area contributed by atoms with Gasteiger partial charge in [-0.15, -0.1) is 0 Å². The topological polar surface area (TPSA) is 150 Å². The van der Waals surface area contributed by atoms with Gasteiger partial charge in [-0.05, 0) is 61.4 Å². The molecule has 0 amide bonds. The van der Waals surface area contributed by atoms with Crippen LogP contribution in [0.2, 0.25) is 0 Å². The van der Waals surface area contributed by atoms with Crippen molar-refractivity contribution in [2.75, 3.05) is 25.5 Å². The molecule has 350 valence electrons. The number of carbonyl (C=O) groups excluding carboxylic acids is 4. The molecule has 6 aromatic rings. The first-order chi connectivity index (χ1) is 33.1. The summed E-state index contributed by atoms with van der Waals surface area (Å²) in [5.41, 5.74) is 2.71. The van der Waals surface area contributed by atoms with Crippen LogP contribution in [0.5, 0.6) is 28.7 Å². The smallest absolute Gasteiger partial charge is 0.397 e. The molecular formula is C54H53O12P2+. The molecule has 0 fully saturated rings. The molecule has 12 nitrogen and oxygen atoms in total. The average molecular weight is 956 g/mol. The predicted octanol–water partition coefficient (Wildman–Crippen LogP) is 11.2. The second-order valence-electron chi connectivity index (χ2n) is 16.6. The second kappa shape index (κ2) is 21.9. The SMILES string of the molecule is CCCCOC(=O)CC(C[P+]1(Oc2cccc3c2P(=O)(CC(CC(=O)Oc2ccccc2)C(=O)Oc2ccccc2)Oc2ccccc2-3)Oc2ccccc2-c2ccccc21)C(=O)OCCCC. The number of carbonyl (C=O) groups is 4. The van der Waals surface area contributed by atoms with E-state index in [-0.39, 0.29) is 48.3 Å². The number of unbranched alkanes of at least 4 members (excludes halogenated alkanes) is 2. The monoisotopic (exact) mass is 955 g/mol. The molecule has 2 aliphatic rings. The van der Waals surface area contributed by atoms with Crippen LogP contribution < -0.4 is 33.7 Å². The first kappa shape index (κ1) is 47.7. The van der Waals surface area contributed by atoms with Gasteiger partial charge in [0.25, 0.3) is 7.37 Å². The third-order valence-corrected chi connectivity index (χ3v) is 17.1. The fraction of sp³-hybridized carbons (Fsp3) is 0.259. The van der Waals surface area contributed by atoms with E-state index in [9.17, 15) is 19.2 Å². The maximum absolute atomic E-state index is 16.3. The summed E-state index contributed by atoms with van der Waals surface area (Å²) in [6.07, 6.45) is 1.45. The molecule has 0 N–H and O–H groups in total. The van der Waals surface area contributed by atoms with Gasteiger partial charge in [-0.25, -0.2) is 0 Å². The first-order valence-electron chi connectivity index (χ1n) is 22.9. The number of esters is 4. The lowest BCUT2D eigenvalue weighted by atomic mass is 10.0. The number of para-hydroxylation sites is 4. The van der Waals surface area contributed by atoms with Gasteiger partial charge in [-0.2, -0.15) is 0 Å². The summed E-state index contributed by atoms with van der Waals surface area (Å²) >= 11 is 0. The molecule has 0 aromatic heterocycles. The number of rotatable bonds is 20. The highest BCUT2D eigenvalue weighted by Gasteiger charge is 2.58. The summed E-state index contributed by atoms with van der Waals surface area (Å²) < 4.78 is 60.3. The van der Waals surface area contributed by atoms with Gasteiger partial charge in [0.15, 0.2) is 16.8 Å². The Labute approximate surface area is 396 Å². The van der Waals surface area contributed by atoms with Crippen molar-refractivity contribution in [1.29, 1.82) is 0 Å². The molecule has 68 heavy (non-hydrogen) atoms. The van der Waals surface area contributed by atoms with Crippen molar-refractivity contribution in [3.63, 3.8) is 0 Å². The summed E-state index contributed by atoms with van der Waals surface area (Å²) in [4.78, 5) is 55.7. The molecular weight excluding hydrogens is 903 g/mol. The number of hydrogen-bond donors (Lipinski definition) is 0. The summed E-state index contributed by atoms with van der Waals surface area (Å²) in [5.74, 6) is -3.76. The van der Waals surface area contributed by atoms with E-state index >= 15 is 4.57 Å². The fourth-order valence-corrected chi connectivity index (χ4v) is 14.3. The van der Waals surface area contributed by atoms with E-state index in [1.165, 1.54) is 0 Å². The molecule has 4 atom stereocenters. The Morgan fingerprint density at radius 2 is 1.12 bits per heavy atom. The van der Waals surface area contributed by atoms with Gasteiger partial charge in [0, 0.05) is 22.3 Å². The molecule has 0 spiro atoms. The Morgan fingerprint density at radius 1 is 0.559 bits per heavy atom. The van der Waals surface area contributed by atoms with Crippen LogP contribution in [0.1, 0.15) is 52.4 Å². The summed E-state index contributed by atoms with van der Waals surface area (Å²) in [6, 6.07) is 44.3. The molecule has 0 radical (unpaired) electrons. The number of ether oxygens (including phenoxy) is 4. The zero-order valence-corrected chi connectivity index (χ0v) is 39.7. The van der Waals surface area contributed by atoms with Crippen molar-refractivity contribution in [3.05, 3.63) is 152 Å². The normalized spacial score (nSPS) is 17.2. The van der Waals surface area contributed by atoms with Crippen molar-refractivity contribution in [3.8, 4) is 51.0 Å². The zero-order chi connectivity index (χ0) is 47.5. The van der Waals surface area contributed by atoms with Crippen LogP contribution in [-0.2, 0) is 33.2 Å². The summed E-state index contributed by atoms with van der Waals surface area (Å²) in [7, 11) is -7.99. The lowest BCUT2D eigenvalue weighted by molar-refractivity contribution is -0.154. The van der Waals surface area contributed by atoms with Gasteiger partial charge >= 0.3 is 31.6 Å². The van der Waals surface area contributed by atoms with Crippen molar-refractivity contribution in [2.24, 2.45) is 11.8 Å². The Balaban J connectivity index is 1.25. The zero-order valence-electron chi connectivity index (χ0n) is 38.0. The van der Waals surface area contributed by atoms with Gasteiger partial charge in [0.2, 0.25) is 0 Å². The lowest BCUT2D eigenvalue weighted by Crippen LogP contribution is -2.36. The molecule has 0 saturated carbocycles. The van der Waals surface area contributed by atoms with Crippen molar-refractivity contribution in [1.82, 2.24) is 0 Å². The van der Waals surface area contributed by atoms with Crippen molar-refractivity contribution < 1.29 is 56.3 Å². The van der Waals surface area contributed by atoms with E-state index < -0.39 is 63.4 Å². The molecule has 4 unspecified atom stereocenters. The number of hydrogen-bond acceptors (Lipinski definition) is 12. The summed E-state index contributed by atoms with van der Waals surface area (Å²) in [5, 5.41) is 0.787. The number of benzene rings is 6. The highest BCUT2D eigenvalue weighted by Crippen LogP contribution is 2.67. The minimum absolute atomic E-state index is 0.105. The van der Waals surface area contributed by atoms with E-state index in [4.69, 9.17) is 32.5 Å². The van der Waals surface area contributed by atoms with Gasteiger partial charge in [0.1, 0.15) is 34.6 Å². The second-order valence-corrected chi connectivity index (χ2v) is 21.5. The Hall–Kier alpha value is -6.74. The van der Waals surface area contributed by atoms with Crippen LogP contribution in [0.3, 0.4) is 0 Å². The van der Waals surface area contributed by atoms with Gasteiger partial charge in [0.05, 0.1) is 38.1 Å². The Kier molecular flexibility index (Phi) is 15.4. The van der Waals surface area contributed by atoms with Gasteiger partial charge < -0.3 is 32.5 Å². The average Bonchev–Trinajstić information content (AvgIpc) is 3.34. The maximum Gasteiger partial charge on any atom is 0.397 e. The molecule has 2 aliphatic heterocycles. The lowest BCUT2D eigenvalue weighted by Gasteiger charge is -2.35. The van der Waals surface area contributed by atoms with E-state index in [1.54, 1.807) is 91.0 Å².